The third kappa shape index (κ3) is 4.47. The van der Waals surface area contributed by atoms with Crippen molar-refractivity contribution < 1.29 is 9.53 Å². The van der Waals surface area contributed by atoms with Gasteiger partial charge in [-0.1, -0.05) is 35.3 Å². The first-order chi connectivity index (χ1) is 14.7. The van der Waals surface area contributed by atoms with Crippen LogP contribution < -0.4 is 10.6 Å². The molecule has 0 radical (unpaired) electrons. The number of nitriles is 1. The summed E-state index contributed by atoms with van der Waals surface area (Å²) in [5.41, 5.74) is 7.28. The third-order valence-corrected chi connectivity index (χ3v) is 6.60. The van der Waals surface area contributed by atoms with Gasteiger partial charge >= 0.3 is 5.97 Å². The van der Waals surface area contributed by atoms with Crippen molar-refractivity contribution in [2.75, 3.05) is 24.6 Å². The largest absolute Gasteiger partial charge is 0.461 e. The normalized spacial score (nSPS) is 16.5. The number of hydrogen-bond acceptors (Lipinski definition) is 7. The third-order valence-electron chi connectivity index (χ3n) is 5.78. The SMILES string of the molecule is CCOC(=O)c1nc(-c2cccc(Cl)c2Cl)c(C)nc1N1CCC(C#N)(C(C)N)CC1. The van der Waals surface area contributed by atoms with Crippen molar-refractivity contribution in [2.24, 2.45) is 11.1 Å². The van der Waals surface area contributed by atoms with Gasteiger partial charge in [0.2, 0.25) is 0 Å². The lowest BCUT2D eigenvalue weighted by atomic mass is 9.74. The molecule has 1 saturated heterocycles. The number of aromatic nitrogens is 2. The molecular formula is C22H25Cl2N5O2. The average molecular weight is 462 g/mol. The number of anilines is 1. The van der Waals surface area contributed by atoms with Gasteiger partial charge < -0.3 is 15.4 Å². The molecule has 1 aliphatic rings. The second-order valence-corrected chi connectivity index (χ2v) is 8.48. The molecule has 1 aromatic carbocycles. The molecule has 0 aliphatic carbocycles. The number of carbonyl (C=O) groups is 1. The molecule has 2 aromatic rings. The molecule has 1 fully saturated rings. The first-order valence-corrected chi connectivity index (χ1v) is 10.9. The summed E-state index contributed by atoms with van der Waals surface area (Å²) in [4.78, 5) is 24.1. The molecule has 0 amide bonds. The number of nitrogens with two attached hydrogens (primary N) is 1. The van der Waals surface area contributed by atoms with Gasteiger partial charge in [-0.25, -0.2) is 14.8 Å². The maximum absolute atomic E-state index is 12.8. The summed E-state index contributed by atoms with van der Waals surface area (Å²) in [5, 5.41) is 10.4. The zero-order valence-electron chi connectivity index (χ0n) is 17.8. The minimum atomic E-state index is -0.586. The van der Waals surface area contributed by atoms with Gasteiger partial charge in [0.15, 0.2) is 11.5 Å². The highest BCUT2D eigenvalue weighted by atomic mass is 35.5. The van der Waals surface area contributed by atoms with E-state index < -0.39 is 11.4 Å². The molecule has 0 bridgehead atoms. The fourth-order valence-corrected chi connectivity index (χ4v) is 4.18. The van der Waals surface area contributed by atoms with Crippen LogP contribution in [-0.2, 0) is 4.74 Å². The molecule has 7 nitrogen and oxygen atoms in total. The zero-order valence-corrected chi connectivity index (χ0v) is 19.3. The fourth-order valence-electron chi connectivity index (χ4n) is 3.79. The number of halogens is 2. The average Bonchev–Trinajstić information content (AvgIpc) is 2.76. The smallest absolute Gasteiger partial charge is 0.360 e. The molecule has 9 heteroatoms. The van der Waals surface area contributed by atoms with Crippen LogP contribution in [-0.4, -0.2) is 41.7 Å². The second-order valence-electron chi connectivity index (χ2n) is 7.70. The number of piperidine rings is 1. The number of ether oxygens (including phenoxy) is 1. The number of nitrogens with zero attached hydrogens (tertiary/aromatic N) is 4. The predicted molar refractivity (Wildman–Crippen MR) is 121 cm³/mol. The summed E-state index contributed by atoms with van der Waals surface area (Å²) in [5.74, 6) is -0.122. The highest BCUT2D eigenvalue weighted by Gasteiger charge is 2.39. The molecule has 2 N–H and O–H groups in total. The van der Waals surface area contributed by atoms with E-state index in [1.807, 2.05) is 18.7 Å². The summed E-state index contributed by atoms with van der Waals surface area (Å²) in [6, 6.07) is 7.38. The molecule has 164 valence electrons. The van der Waals surface area contributed by atoms with E-state index >= 15 is 0 Å². The number of esters is 1. The van der Waals surface area contributed by atoms with E-state index in [4.69, 9.17) is 38.7 Å². The van der Waals surface area contributed by atoms with Crippen LogP contribution in [0.4, 0.5) is 5.82 Å². The number of hydrogen-bond donors (Lipinski definition) is 1. The van der Waals surface area contributed by atoms with Crippen LogP contribution in [0.15, 0.2) is 18.2 Å². The van der Waals surface area contributed by atoms with Gasteiger partial charge in [0, 0.05) is 24.7 Å². The van der Waals surface area contributed by atoms with E-state index in [2.05, 4.69) is 11.1 Å². The number of aryl methyl sites for hydroxylation is 1. The minimum Gasteiger partial charge on any atom is -0.461 e. The zero-order chi connectivity index (χ0) is 22.8. The van der Waals surface area contributed by atoms with E-state index in [0.29, 0.717) is 58.7 Å². The Morgan fingerprint density at radius 1 is 1.35 bits per heavy atom. The van der Waals surface area contributed by atoms with Crippen molar-refractivity contribution in [1.82, 2.24) is 9.97 Å². The molecule has 0 spiro atoms. The highest BCUT2D eigenvalue weighted by molar-refractivity contribution is 6.43. The van der Waals surface area contributed by atoms with Gasteiger partial charge in [0.25, 0.3) is 0 Å². The molecule has 1 unspecified atom stereocenters. The van der Waals surface area contributed by atoms with Crippen molar-refractivity contribution in [3.8, 4) is 17.3 Å². The second kappa shape index (κ2) is 9.39. The van der Waals surface area contributed by atoms with Crippen LogP contribution in [0.25, 0.3) is 11.3 Å². The Morgan fingerprint density at radius 2 is 2.03 bits per heavy atom. The van der Waals surface area contributed by atoms with Crippen molar-refractivity contribution in [1.29, 1.82) is 5.26 Å². The van der Waals surface area contributed by atoms with Gasteiger partial charge in [-0.3, -0.25) is 0 Å². The maximum Gasteiger partial charge on any atom is 0.360 e. The van der Waals surface area contributed by atoms with Gasteiger partial charge in [-0.05, 0) is 39.7 Å². The van der Waals surface area contributed by atoms with Gasteiger partial charge in [-0.2, -0.15) is 5.26 Å². The Labute approximate surface area is 192 Å². The van der Waals surface area contributed by atoms with Crippen LogP contribution in [0.5, 0.6) is 0 Å². The quantitative estimate of drug-likeness (QED) is 0.657. The van der Waals surface area contributed by atoms with Crippen molar-refractivity contribution in [3.05, 3.63) is 39.6 Å². The van der Waals surface area contributed by atoms with Gasteiger partial charge in [-0.15, -0.1) is 0 Å². The Hall–Kier alpha value is -2.40. The molecule has 1 aliphatic heterocycles. The standard InChI is InChI=1S/C22H25Cl2N5O2/c1-4-31-21(30)19-20(29-10-8-22(12-25,9-11-29)14(3)26)27-13(2)18(28-19)15-6-5-7-16(23)17(15)24/h5-7,14H,4,8-11,26H2,1-3H3. The Kier molecular flexibility index (Phi) is 7.05. The van der Waals surface area contributed by atoms with Gasteiger partial charge in [0.1, 0.15) is 0 Å². The molecule has 2 heterocycles. The van der Waals surface area contributed by atoms with Crippen LogP contribution in [0.2, 0.25) is 10.0 Å². The minimum absolute atomic E-state index is 0.115. The molecule has 1 aromatic heterocycles. The Morgan fingerprint density at radius 3 is 2.61 bits per heavy atom. The number of carbonyl (C=O) groups excluding carboxylic acids is 1. The van der Waals surface area contributed by atoms with E-state index in [0.717, 1.165) is 0 Å². The number of benzene rings is 1. The summed E-state index contributed by atoms with van der Waals surface area (Å²) in [6.07, 6.45) is 1.15. The first kappa shape index (κ1) is 23.3. The van der Waals surface area contributed by atoms with Crippen LogP contribution in [0, 0.1) is 23.7 Å². The lowest BCUT2D eigenvalue weighted by Gasteiger charge is -2.40. The molecule has 3 rings (SSSR count). The van der Waals surface area contributed by atoms with Crippen LogP contribution in [0.1, 0.15) is 42.9 Å². The summed E-state index contributed by atoms with van der Waals surface area (Å²) < 4.78 is 5.24. The number of rotatable bonds is 5. The molecular weight excluding hydrogens is 437 g/mol. The van der Waals surface area contributed by atoms with E-state index in [1.54, 1.807) is 25.1 Å². The molecule has 31 heavy (non-hydrogen) atoms. The van der Waals surface area contributed by atoms with Crippen molar-refractivity contribution in [2.45, 2.75) is 39.7 Å². The van der Waals surface area contributed by atoms with E-state index in [9.17, 15) is 10.1 Å². The van der Waals surface area contributed by atoms with Crippen LogP contribution in [0.3, 0.4) is 0 Å². The summed E-state index contributed by atoms with van der Waals surface area (Å²) in [6.45, 7) is 6.68. The molecule has 0 saturated carbocycles. The lowest BCUT2D eigenvalue weighted by Crippen LogP contribution is -2.48. The monoisotopic (exact) mass is 461 g/mol. The van der Waals surface area contributed by atoms with Crippen LogP contribution >= 0.6 is 23.2 Å². The highest BCUT2D eigenvalue weighted by Crippen LogP contribution is 2.38. The summed E-state index contributed by atoms with van der Waals surface area (Å²) in [7, 11) is 0. The van der Waals surface area contributed by atoms with E-state index in [-0.39, 0.29) is 18.3 Å². The van der Waals surface area contributed by atoms with Crippen molar-refractivity contribution >= 4 is 35.0 Å². The van der Waals surface area contributed by atoms with E-state index in [1.165, 1.54) is 0 Å². The predicted octanol–water partition coefficient (Wildman–Crippen LogP) is 4.39. The molecule has 1 atom stereocenters. The van der Waals surface area contributed by atoms with Gasteiger partial charge in [0.05, 0.1) is 39.5 Å². The van der Waals surface area contributed by atoms with Crippen molar-refractivity contribution in [3.63, 3.8) is 0 Å². The topological polar surface area (TPSA) is 105 Å². The maximum atomic E-state index is 12.8. The lowest BCUT2D eigenvalue weighted by molar-refractivity contribution is 0.0519. The Balaban J connectivity index is 2.05. The fraction of sp³-hybridized carbons (Fsp3) is 0.455. The first-order valence-electron chi connectivity index (χ1n) is 10.2. The summed E-state index contributed by atoms with van der Waals surface area (Å²) >= 11 is 12.6. The Bertz CT molecular complexity index is 1030.